The van der Waals surface area contributed by atoms with E-state index in [0.717, 1.165) is 0 Å². The smallest absolute Gasteiger partial charge is 0.174 e. The van der Waals surface area contributed by atoms with Gasteiger partial charge in [0.1, 0.15) is 0 Å². The Morgan fingerprint density at radius 1 is 1.29 bits per heavy atom. The lowest BCUT2D eigenvalue weighted by Gasteiger charge is -1.56. The van der Waals surface area contributed by atoms with Gasteiger partial charge in [-0.1, -0.05) is 7.43 Å². The minimum atomic E-state index is 0. The highest BCUT2D eigenvalue weighted by molar-refractivity contribution is 7.71. The van der Waals surface area contributed by atoms with E-state index >= 15 is 0 Å². The van der Waals surface area contributed by atoms with E-state index in [1.807, 2.05) is 0 Å². The molecule has 2 N–H and O–H groups in total. The van der Waals surface area contributed by atoms with Gasteiger partial charge >= 0.3 is 0 Å². The van der Waals surface area contributed by atoms with E-state index in [1.54, 1.807) is 12.4 Å². The molecule has 0 aliphatic carbocycles. The highest BCUT2D eigenvalue weighted by Gasteiger charge is 1.64. The molecule has 1 rings (SSSR count). The number of nitrogens with one attached hydrogen (secondary N) is 2. The maximum absolute atomic E-state index is 4.63. The van der Waals surface area contributed by atoms with E-state index in [4.69, 9.17) is 0 Å². The van der Waals surface area contributed by atoms with Crippen LogP contribution in [0.5, 0.6) is 0 Å². The molecule has 1 heterocycles. The van der Waals surface area contributed by atoms with Crippen molar-refractivity contribution in [2.45, 2.75) is 7.43 Å². The Bertz CT molecular complexity index is 147. The van der Waals surface area contributed by atoms with E-state index in [0.29, 0.717) is 4.77 Å². The van der Waals surface area contributed by atoms with E-state index < -0.39 is 0 Å². The quantitative estimate of drug-likeness (QED) is 0.497. The van der Waals surface area contributed by atoms with Crippen molar-refractivity contribution in [2.75, 3.05) is 0 Å². The second kappa shape index (κ2) is 2.58. The van der Waals surface area contributed by atoms with Crippen LogP contribution < -0.4 is 0 Å². The van der Waals surface area contributed by atoms with Crippen LogP contribution in [0, 0.1) is 4.77 Å². The lowest BCUT2D eigenvalue weighted by molar-refractivity contribution is 1.27. The Kier molecular flexibility index (Phi) is 2.37. The third-order valence-electron chi connectivity index (χ3n) is 0.512. The molecule has 0 aliphatic heterocycles. The number of hydrogen-bond donors (Lipinski definition) is 2. The third-order valence-corrected chi connectivity index (χ3v) is 0.748. The molecule has 2 nitrogen and oxygen atoms in total. The Morgan fingerprint density at radius 3 is 1.86 bits per heavy atom. The molecule has 0 saturated heterocycles. The number of aromatic nitrogens is 2. The Hall–Kier alpha value is -0.570. The predicted octanol–water partition coefficient (Wildman–Crippen LogP) is 1.71. The zero-order chi connectivity index (χ0) is 4.41. The molecule has 40 valence electrons. The van der Waals surface area contributed by atoms with Crippen LogP contribution in [0.25, 0.3) is 0 Å². The van der Waals surface area contributed by atoms with Gasteiger partial charge in [-0.05, 0) is 12.2 Å². The van der Waals surface area contributed by atoms with Crippen LogP contribution >= 0.6 is 12.2 Å². The van der Waals surface area contributed by atoms with Gasteiger partial charge in [-0.2, -0.15) is 0 Å². The predicted molar refractivity (Wildman–Crippen MR) is 32.7 cm³/mol. The SMILES string of the molecule is C.S=c1[nH]cc[nH]1. The van der Waals surface area contributed by atoms with E-state index in [9.17, 15) is 0 Å². The van der Waals surface area contributed by atoms with E-state index in [2.05, 4.69) is 22.2 Å². The summed E-state index contributed by atoms with van der Waals surface area (Å²) in [5.74, 6) is 0. The summed E-state index contributed by atoms with van der Waals surface area (Å²) >= 11 is 4.63. The number of aromatic amines is 2. The molecule has 0 saturated carbocycles. The normalized spacial score (nSPS) is 7.43. The molecular weight excluding hydrogens is 108 g/mol. The molecule has 0 unspecified atom stereocenters. The van der Waals surface area contributed by atoms with E-state index in [-0.39, 0.29) is 7.43 Å². The standard InChI is InChI=1S/C3H4N2S.CH4/c6-3-4-1-2-5-3;/h1-2H,(H2,4,5,6);1H4. The average molecular weight is 116 g/mol. The molecule has 0 spiro atoms. The van der Waals surface area contributed by atoms with Crippen molar-refractivity contribution in [1.82, 2.24) is 9.97 Å². The summed E-state index contributed by atoms with van der Waals surface area (Å²) in [6.07, 6.45) is 3.50. The van der Waals surface area contributed by atoms with Crippen LogP contribution in [0.2, 0.25) is 0 Å². The number of rotatable bonds is 0. The first-order valence-electron chi connectivity index (χ1n) is 1.61. The van der Waals surface area contributed by atoms with Crippen molar-refractivity contribution in [2.24, 2.45) is 0 Å². The molecule has 7 heavy (non-hydrogen) atoms. The fourth-order valence-electron chi connectivity index (χ4n) is 0.276. The van der Waals surface area contributed by atoms with Gasteiger partial charge in [0.15, 0.2) is 4.77 Å². The summed E-state index contributed by atoms with van der Waals surface area (Å²) in [6, 6.07) is 0. The number of hydrogen-bond acceptors (Lipinski definition) is 1. The molecule has 1 aromatic heterocycles. The summed E-state index contributed by atoms with van der Waals surface area (Å²) in [5, 5.41) is 0. The highest BCUT2D eigenvalue weighted by atomic mass is 32.1. The van der Waals surface area contributed by atoms with Gasteiger partial charge < -0.3 is 9.97 Å². The highest BCUT2D eigenvalue weighted by Crippen LogP contribution is 1.72. The summed E-state index contributed by atoms with van der Waals surface area (Å²) in [4.78, 5) is 5.52. The van der Waals surface area contributed by atoms with Crippen LogP contribution in [0.3, 0.4) is 0 Å². The average Bonchev–Trinajstić information content (AvgIpc) is 1.86. The molecule has 0 aromatic carbocycles. The van der Waals surface area contributed by atoms with Gasteiger partial charge in [0, 0.05) is 12.4 Å². The van der Waals surface area contributed by atoms with Crippen molar-refractivity contribution in [3.8, 4) is 0 Å². The maximum Gasteiger partial charge on any atom is 0.174 e. The van der Waals surface area contributed by atoms with Gasteiger partial charge in [0.2, 0.25) is 0 Å². The summed E-state index contributed by atoms with van der Waals surface area (Å²) in [5.41, 5.74) is 0. The Labute approximate surface area is 47.6 Å². The monoisotopic (exact) mass is 116 g/mol. The molecular formula is C4H8N2S. The topological polar surface area (TPSA) is 31.6 Å². The zero-order valence-electron chi connectivity index (χ0n) is 3.06. The number of H-pyrrole nitrogens is 2. The summed E-state index contributed by atoms with van der Waals surface area (Å²) in [6.45, 7) is 0. The second-order valence-electron chi connectivity index (χ2n) is 0.951. The zero-order valence-corrected chi connectivity index (χ0v) is 3.88. The van der Waals surface area contributed by atoms with Gasteiger partial charge in [-0.25, -0.2) is 0 Å². The fraction of sp³-hybridized carbons (Fsp3) is 0.250. The molecule has 0 atom stereocenters. The van der Waals surface area contributed by atoms with Crippen molar-refractivity contribution in [1.29, 1.82) is 0 Å². The Balaban J connectivity index is 0.000000360. The fourth-order valence-corrected chi connectivity index (χ4v) is 0.412. The second-order valence-corrected chi connectivity index (χ2v) is 1.36. The first kappa shape index (κ1) is 6.43. The molecule has 0 fully saturated rings. The van der Waals surface area contributed by atoms with Crippen LogP contribution in [0.1, 0.15) is 7.43 Å². The first-order chi connectivity index (χ1) is 2.89. The number of imidazole rings is 1. The summed E-state index contributed by atoms with van der Waals surface area (Å²) < 4.78 is 0.676. The van der Waals surface area contributed by atoms with Crippen LogP contribution in [-0.2, 0) is 0 Å². The minimum Gasteiger partial charge on any atom is -0.338 e. The van der Waals surface area contributed by atoms with Crippen LogP contribution in [-0.4, -0.2) is 9.97 Å². The van der Waals surface area contributed by atoms with Gasteiger partial charge in [0.25, 0.3) is 0 Å². The van der Waals surface area contributed by atoms with Gasteiger partial charge in [-0.3, -0.25) is 0 Å². The van der Waals surface area contributed by atoms with Crippen molar-refractivity contribution in [3.05, 3.63) is 17.2 Å². The lowest BCUT2D eigenvalue weighted by atomic mass is 11.0. The van der Waals surface area contributed by atoms with E-state index in [1.165, 1.54) is 0 Å². The van der Waals surface area contributed by atoms with Gasteiger partial charge in [0.05, 0.1) is 0 Å². The summed E-state index contributed by atoms with van der Waals surface area (Å²) in [7, 11) is 0. The molecule has 0 bridgehead atoms. The minimum absolute atomic E-state index is 0. The molecule has 1 aromatic rings. The van der Waals surface area contributed by atoms with Crippen molar-refractivity contribution in [3.63, 3.8) is 0 Å². The molecule has 0 radical (unpaired) electrons. The largest absolute Gasteiger partial charge is 0.338 e. The Morgan fingerprint density at radius 2 is 1.71 bits per heavy atom. The molecule has 3 heteroatoms. The first-order valence-corrected chi connectivity index (χ1v) is 2.02. The van der Waals surface area contributed by atoms with Crippen molar-refractivity contribution < 1.29 is 0 Å². The third kappa shape index (κ3) is 1.55. The lowest BCUT2D eigenvalue weighted by Crippen LogP contribution is -1.54. The molecule has 0 amide bonds. The van der Waals surface area contributed by atoms with Crippen molar-refractivity contribution >= 4 is 12.2 Å². The van der Waals surface area contributed by atoms with Crippen LogP contribution in [0.15, 0.2) is 12.4 Å². The van der Waals surface area contributed by atoms with Gasteiger partial charge in [-0.15, -0.1) is 0 Å². The van der Waals surface area contributed by atoms with Crippen LogP contribution in [0.4, 0.5) is 0 Å². The maximum atomic E-state index is 4.63. The molecule has 0 aliphatic rings.